The molecule has 0 atom stereocenters. The van der Waals surface area contributed by atoms with Gasteiger partial charge in [-0.05, 0) is 36.8 Å². The molecule has 0 saturated carbocycles. The second kappa shape index (κ2) is 6.93. The van der Waals surface area contributed by atoms with Gasteiger partial charge in [0, 0.05) is 16.5 Å². The normalized spacial score (nSPS) is 11.9. The molecule has 0 saturated heterocycles. The minimum absolute atomic E-state index is 0.354. The molecule has 18 heavy (non-hydrogen) atoms. The first kappa shape index (κ1) is 14.4. The number of ether oxygens (including phenoxy) is 1. The smallest absolute Gasteiger partial charge is 0.341 e. The largest absolute Gasteiger partial charge is 0.482 e. The van der Waals surface area contributed by atoms with Gasteiger partial charge in [0.2, 0.25) is 0 Å². The van der Waals surface area contributed by atoms with Crippen LogP contribution in [-0.2, 0) is 4.79 Å². The number of aliphatic carboxylic acids is 1. The third-order valence-corrected chi connectivity index (χ3v) is 3.03. The first-order chi connectivity index (χ1) is 8.54. The molecular formula is C12H16N2O3S. The first-order valence-electron chi connectivity index (χ1n) is 5.29. The highest BCUT2D eigenvalue weighted by Gasteiger charge is 2.03. The van der Waals surface area contributed by atoms with Gasteiger partial charge in [0.25, 0.3) is 0 Å². The maximum absolute atomic E-state index is 10.3. The van der Waals surface area contributed by atoms with Gasteiger partial charge in [0.1, 0.15) is 5.75 Å². The Balaban J connectivity index is 2.76. The van der Waals surface area contributed by atoms with Gasteiger partial charge in [0.05, 0.1) is 0 Å². The van der Waals surface area contributed by atoms with Gasteiger partial charge < -0.3 is 21.3 Å². The van der Waals surface area contributed by atoms with Crippen molar-refractivity contribution in [2.45, 2.75) is 6.92 Å². The van der Waals surface area contributed by atoms with Crippen LogP contribution in [0.15, 0.2) is 29.2 Å². The standard InChI is InChI=1S/C12H16N2O3S/c1-8(18-7-13)12(14)9-2-4-10(5-3-9)17-6-11(15)16/h2-5H,6-7,13-14H2,1H3,(H,15,16)/b12-8-. The minimum Gasteiger partial charge on any atom is -0.482 e. The molecule has 0 amide bonds. The number of benzene rings is 1. The monoisotopic (exact) mass is 268 g/mol. The van der Waals surface area contributed by atoms with Crippen LogP contribution in [0, 0.1) is 0 Å². The molecule has 0 aliphatic carbocycles. The number of hydrogen-bond donors (Lipinski definition) is 3. The number of allylic oxidation sites excluding steroid dienone is 1. The Morgan fingerprint density at radius 2 is 2.00 bits per heavy atom. The number of thioether (sulfide) groups is 1. The summed E-state index contributed by atoms with van der Waals surface area (Å²) in [5.41, 5.74) is 12.9. The van der Waals surface area contributed by atoms with E-state index in [0.717, 1.165) is 10.5 Å². The average Bonchev–Trinajstić information content (AvgIpc) is 2.36. The Morgan fingerprint density at radius 1 is 1.39 bits per heavy atom. The SMILES string of the molecule is C/C(SCN)=C(/N)c1ccc(OCC(=O)O)cc1. The molecule has 0 radical (unpaired) electrons. The van der Waals surface area contributed by atoms with Gasteiger partial charge in [-0.15, -0.1) is 11.8 Å². The molecule has 0 aromatic heterocycles. The maximum atomic E-state index is 10.3. The summed E-state index contributed by atoms with van der Waals surface area (Å²) in [6.45, 7) is 1.55. The van der Waals surface area contributed by atoms with Crippen LogP contribution in [0.25, 0.3) is 5.70 Å². The zero-order valence-electron chi connectivity index (χ0n) is 10.1. The molecule has 5 nitrogen and oxygen atoms in total. The van der Waals surface area contributed by atoms with Crippen molar-refractivity contribution in [3.8, 4) is 5.75 Å². The summed E-state index contributed by atoms with van der Waals surface area (Å²) in [5, 5.41) is 8.48. The summed E-state index contributed by atoms with van der Waals surface area (Å²) in [7, 11) is 0. The lowest BCUT2D eigenvalue weighted by molar-refractivity contribution is -0.139. The van der Waals surface area contributed by atoms with E-state index in [0.29, 0.717) is 17.3 Å². The van der Waals surface area contributed by atoms with Crippen molar-refractivity contribution in [2.75, 3.05) is 12.5 Å². The molecule has 98 valence electrons. The van der Waals surface area contributed by atoms with Crippen molar-refractivity contribution in [3.05, 3.63) is 34.7 Å². The van der Waals surface area contributed by atoms with Crippen molar-refractivity contribution in [2.24, 2.45) is 11.5 Å². The molecule has 0 bridgehead atoms. The summed E-state index contributed by atoms with van der Waals surface area (Å²) in [4.78, 5) is 11.3. The van der Waals surface area contributed by atoms with E-state index < -0.39 is 5.97 Å². The van der Waals surface area contributed by atoms with Crippen LogP contribution in [0.5, 0.6) is 5.75 Å². The summed E-state index contributed by atoms with van der Waals surface area (Å²) in [5.74, 6) is -0.0291. The number of hydrogen-bond acceptors (Lipinski definition) is 5. The molecule has 0 aliphatic heterocycles. The van der Waals surface area contributed by atoms with E-state index >= 15 is 0 Å². The lowest BCUT2D eigenvalue weighted by atomic mass is 10.1. The van der Waals surface area contributed by atoms with Gasteiger partial charge >= 0.3 is 5.97 Å². The molecule has 1 rings (SSSR count). The quantitative estimate of drug-likeness (QED) is 0.675. The van der Waals surface area contributed by atoms with Crippen LogP contribution in [0.3, 0.4) is 0 Å². The molecule has 0 aliphatic rings. The van der Waals surface area contributed by atoms with Crippen LogP contribution in [0.1, 0.15) is 12.5 Å². The third kappa shape index (κ3) is 4.31. The van der Waals surface area contributed by atoms with Crippen molar-refractivity contribution in [1.29, 1.82) is 0 Å². The van der Waals surface area contributed by atoms with E-state index in [2.05, 4.69) is 0 Å². The van der Waals surface area contributed by atoms with Crippen LogP contribution in [0.4, 0.5) is 0 Å². The Bertz CT molecular complexity index is 443. The average molecular weight is 268 g/mol. The maximum Gasteiger partial charge on any atom is 0.341 e. The van der Waals surface area contributed by atoms with Gasteiger partial charge in [-0.3, -0.25) is 0 Å². The molecule has 1 aromatic carbocycles. The van der Waals surface area contributed by atoms with E-state index in [1.165, 1.54) is 11.8 Å². The minimum atomic E-state index is -1.01. The molecule has 0 heterocycles. The first-order valence-corrected chi connectivity index (χ1v) is 6.27. The Morgan fingerprint density at radius 3 is 2.50 bits per heavy atom. The highest BCUT2D eigenvalue weighted by Crippen LogP contribution is 2.23. The fourth-order valence-electron chi connectivity index (χ4n) is 1.28. The number of carboxylic acid groups (broad SMARTS) is 1. The van der Waals surface area contributed by atoms with Crippen LogP contribution >= 0.6 is 11.8 Å². The highest BCUT2D eigenvalue weighted by atomic mass is 32.2. The molecule has 1 aromatic rings. The predicted molar refractivity (Wildman–Crippen MR) is 73.0 cm³/mol. The van der Waals surface area contributed by atoms with E-state index in [1.54, 1.807) is 24.3 Å². The number of carbonyl (C=O) groups is 1. The number of rotatable bonds is 6. The molecule has 6 heteroatoms. The fraction of sp³-hybridized carbons (Fsp3) is 0.250. The van der Waals surface area contributed by atoms with Crippen molar-refractivity contribution < 1.29 is 14.6 Å². The molecule has 0 spiro atoms. The Labute approximate surface area is 110 Å². The fourth-order valence-corrected chi connectivity index (χ4v) is 1.81. The third-order valence-electron chi connectivity index (χ3n) is 2.21. The number of nitrogens with two attached hydrogens (primary N) is 2. The van der Waals surface area contributed by atoms with E-state index in [1.807, 2.05) is 6.92 Å². The Kier molecular flexibility index (Phi) is 5.54. The van der Waals surface area contributed by atoms with Crippen LogP contribution in [0.2, 0.25) is 0 Å². The summed E-state index contributed by atoms with van der Waals surface area (Å²) in [6.07, 6.45) is 0. The lowest BCUT2D eigenvalue weighted by Crippen LogP contribution is -2.09. The van der Waals surface area contributed by atoms with Gasteiger partial charge in [-0.2, -0.15) is 0 Å². The van der Waals surface area contributed by atoms with Gasteiger partial charge in [-0.1, -0.05) is 0 Å². The molecule has 0 unspecified atom stereocenters. The molecule has 0 fully saturated rings. The van der Waals surface area contributed by atoms with E-state index in [9.17, 15) is 4.79 Å². The zero-order valence-corrected chi connectivity index (χ0v) is 10.9. The second-order valence-corrected chi connectivity index (χ2v) is 4.72. The summed E-state index contributed by atoms with van der Waals surface area (Å²) >= 11 is 1.48. The predicted octanol–water partition coefficient (Wildman–Crippen LogP) is 1.45. The summed E-state index contributed by atoms with van der Waals surface area (Å²) in [6, 6.07) is 6.94. The number of carboxylic acids is 1. The topological polar surface area (TPSA) is 98.6 Å². The lowest BCUT2D eigenvalue weighted by Gasteiger charge is -2.08. The van der Waals surface area contributed by atoms with Crippen LogP contribution in [-0.4, -0.2) is 23.6 Å². The van der Waals surface area contributed by atoms with Crippen molar-refractivity contribution in [3.63, 3.8) is 0 Å². The summed E-state index contributed by atoms with van der Waals surface area (Å²) < 4.78 is 5.03. The zero-order chi connectivity index (χ0) is 13.5. The van der Waals surface area contributed by atoms with Crippen molar-refractivity contribution in [1.82, 2.24) is 0 Å². The second-order valence-electron chi connectivity index (χ2n) is 3.49. The van der Waals surface area contributed by atoms with Crippen molar-refractivity contribution >= 4 is 23.4 Å². The van der Waals surface area contributed by atoms with Crippen LogP contribution < -0.4 is 16.2 Å². The van der Waals surface area contributed by atoms with E-state index in [-0.39, 0.29) is 6.61 Å². The molecule has 5 N–H and O–H groups in total. The Hall–Kier alpha value is -1.66. The molecular weight excluding hydrogens is 252 g/mol. The van der Waals surface area contributed by atoms with Gasteiger partial charge in [-0.25, -0.2) is 4.79 Å². The van der Waals surface area contributed by atoms with Gasteiger partial charge in [0.15, 0.2) is 6.61 Å². The highest BCUT2D eigenvalue weighted by molar-refractivity contribution is 8.03. The van der Waals surface area contributed by atoms with E-state index in [4.69, 9.17) is 21.3 Å².